The Hall–Kier alpha value is -0.760. The minimum absolute atomic E-state index is 0.370. The zero-order valence-corrected chi connectivity index (χ0v) is 5.83. The molecule has 0 aromatic rings. The van der Waals surface area contributed by atoms with Crippen molar-refractivity contribution in [1.82, 2.24) is 10.2 Å². The SMILES string of the molecule is CN(C)C1C=CC=CN1. The summed E-state index contributed by atoms with van der Waals surface area (Å²) >= 11 is 0. The second-order valence-corrected chi connectivity index (χ2v) is 2.32. The maximum atomic E-state index is 3.18. The summed E-state index contributed by atoms with van der Waals surface area (Å²) in [7, 11) is 4.09. The second kappa shape index (κ2) is 2.69. The predicted molar refractivity (Wildman–Crippen MR) is 38.9 cm³/mol. The number of nitrogens with zero attached hydrogens (tertiary/aromatic N) is 1. The van der Waals surface area contributed by atoms with Crippen molar-refractivity contribution in [2.45, 2.75) is 6.17 Å². The van der Waals surface area contributed by atoms with Crippen LogP contribution < -0.4 is 5.32 Å². The Morgan fingerprint density at radius 3 is 2.44 bits per heavy atom. The Labute approximate surface area is 55.9 Å². The first-order valence-corrected chi connectivity index (χ1v) is 3.06. The van der Waals surface area contributed by atoms with Crippen molar-refractivity contribution in [2.75, 3.05) is 14.1 Å². The van der Waals surface area contributed by atoms with Crippen LogP contribution in [0.4, 0.5) is 0 Å². The molecule has 0 saturated heterocycles. The van der Waals surface area contributed by atoms with E-state index in [2.05, 4.69) is 16.3 Å². The number of likely N-dealkylation sites (N-methyl/N-ethyl adjacent to an activating group) is 1. The van der Waals surface area contributed by atoms with Crippen LogP contribution in [0, 0.1) is 0 Å². The first kappa shape index (κ1) is 6.36. The summed E-state index contributed by atoms with van der Waals surface area (Å²) in [4.78, 5) is 2.11. The third-order valence-corrected chi connectivity index (χ3v) is 1.32. The Bertz CT molecular complexity index is 136. The van der Waals surface area contributed by atoms with Crippen molar-refractivity contribution in [3.8, 4) is 0 Å². The van der Waals surface area contributed by atoms with Gasteiger partial charge in [-0.05, 0) is 32.4 Å². The van der Waals surface area contributed by atoms with E-state index in [-0.39, 0.29) is 0 Å². The molecular formula is C7H12N2. The number of rotatable bonds is 1. The molecule has 1 heterocycles. The highest BCUT2D eigenvalue weighted by molar-refractivity contribution is 5.11. The minimum atomic E-state index is 0.370. The normalized spacial score (nSPS) is 24.6. The van der Waals surface area contributed by atoms with E-state index in [1.54, 1.807) is 0 Å². The summed E-state index contributed by atoms with van der Waals surface area (Å²) in [6.07, 6.45) is 8.46. The van der Waals surface area contributed by atoms with E-state index in [0.29, 0.717) is 6.17 Å². The van der Waals surface area contributed by atoms with E-state index in [0.717, 1.165) is 0 Å². The number of allylic oxidation sites excluding steroid dienone is 2. The lowest BCUT2D eigenvalue weighted by Crippen LogP contribution is -2.37. The van der Waals surface area contributed by atoms with Gasteiger partial charge in [0, 0.05) is 0 Å². The first-order chi connectivity index (χ1) is 4.30. The van der Waals surface area contributed by atoms with Crippen molar-refractivity contribution < 1.29 is 0 Å². The molecule has 0 aliphatic carbocycles. The third kappa shape index (κ3) is 1.57. The molecule has 0 aromatic carbocycles. The monoisotopic (exact) mass is 124 g/mol. The molecule has 0 saturated carbocycles. The molecule has 50 valence electrons. The van der Waals surface area contributed by atoms with Crippen LogP contribution in [0.5, 0.6) is 0 Å². The molecule has 1 aliphatic heterocycles. The highest BCUT2D eigenvalue weighted by Gasteiger charge is 2.03. The van der Waals surface area contributed by atoms with Gasteiger partial charge in [0.05, 0.1) is 6.17 Å². The number of dihydropyridines is 1. The molecule has 9 heavy (non-hydrogen) atoms. The lowest BCUT2D eigenvalue weighted by atomic mass is 10.3. The largest absolute Gasteiger partial charge is 0.372 e. The summed E-state index contributed by atoms with van der Waals surface area (Å²) in [5, 5.41) is 3.18. The van der Waals surface area contributed by atoms with Gasteiger partial charge >= 0.3 is 0 Å². The molecule has 0 bridgehead atoms. The maximum absolute atomic E-state index is 3.18. The molecule has 1 atom stereocenters. The molecule has 1 rings (SSSR count). The maximum Gasteiger partial charge on any atom is 0.0979 e. The van der Waals surface area contributed by atoms with E-state index in [1.165, 1.54) is 0 Å². The number of hydrogen-bond acceptors (Lipinski definition) is 2. The van der Waals surface area contributed by atoms with Gasteiger partial charge in [-0.3, -0.25) is 4.90 Å². The van der Waals surface area contributed by atoms with Gasteiger partial charge in [0.25, 0.3) is 0 Å². The number of nitrogens with one attached hydrogen (secondary N) is 1. The fourth-order valence-corrected chi connectivity index (χ4v) is 0.756. The lowest BCUT2D eigenvalue weighted by molar-refractivity contribution is 0.316. The highest BCUT2D eigenvalue weighted by atomic mass is 15.2. The van der Waals surface area contributed by atoms with Gasteiger partial charge in [-0.15, -0.1) is 0 Å². The van der Waals surface area contributed by atoms with Crippen LogP contribution in [0.1, 0.15) is 0 Å². The van der Waals surface area contributed by atoms with Gasteiger partial charge in [0.15, 0.2) is 0 Å². The van der Waals surface area contributed by atoms with Crippen LogP contribution in [0.3, 0.4) is 0 Å². The van der Waals surface area contributed by atoms with E-state index >= 15 is 0 Å². The third-order valence-electron chi connectivity index (χ3n) is 1.32. The molecule has 0 fully saturated rings. The molecular weight excluding hydrogens is 112 g/mol. The van der Waals surface area contributed by atoms with Crippen LogP contribution in [-0.4, -0.2) is 25.2 Å². The topological polar surface area (TPSA) is 15.3 Å². The average molecular weight is 124 g/mol. The average Bonchev–Trinajstić information content (AvgIpc) is 1.90. The fourth-order valence-electron chi connectivity index (χ4n) is 0.756. The molecule has 0 aromatic heterocycles. The Kier molecular flexibility index (Phi) is 1.90. The predicted octanol–water partition coefficient (Wildman–Crippen LogP) is 0.547. The Morgan fingerprint density at radius 1 is 1.33 bits per heavy atom. The zero-order valence-electron chi connectivity index (χ0n) is 5.83. The van der Waals surface area contributed by atoms with Gasteiger partial charge < -0.3 is 5.32 Å². The van der Waals surface area contributed by atoms with Crippen molar-refractivity contribution in [1.29, 1.82) is 0 Å². The summed E-state index contributed by atoms with van der Waals surface area (Å²) in [5.41, 5.74) is 0. The van der Waals surface area contributed by atoms with Crippen LogP contribution in [-0.2, 0) is 0 Å². The van der Waals surface area contributed by atoms with E-state index < -0.39 is 0 Å². The van der Waals surface area contributed by atoms with Crippen LogP contribution in [0.15, 0.2) is 24.4 Å². The van der Waals surface area contributed by atoms with Crippen LogP contribution >= 0.6 is 0 Å². The minimum Gasteiger partial charge on any atom is -0.372 e. The second-order valence-electron chi connectivity index (χ2n) is 2.32. The first-order valence-electron chi connectivity index (χ1n) is 3.06. The summed E-state index contributed by atoms with van der Waals surface area (Å²) in [6.45, 7) is 0. The Morgan fingerprint density at radius 2 is 2.11 bits per heavy atom. The van der Waals surface area contributed by atoms with Crippen molar-refractivity contribution in [3.05, 3.63) is 24.4 Å². The van der Waals surface area contributed by atoms with Gasteiger partial charge in [-0.25, -0.2) is 0 Å². The van der Waals surface area contributed by atoms with Crippen molar-refractivity contribution in [3.63, 3.8) is 0 Å². The smallest absolute Gasteiger partial charge is 0.0979 e. The molecule has 0 radical (unpaired) electrons. The molecule has 2 nitrogen and oxygen atoms in total. The van der Waals surface area contributed by atoms with Crippen molar-refractivity contribution in [2.24, 2.45) is 0 Å². The molecule has 2 heteroatoms. The van der Waals surface area contributed by atoms with Gasteiger partial charge in [0.2, 0.25) is 0 Å². The van der Waals surface area contributed by atoms with Gasteiger partial charge in [-0.2, -0.15) is 0 Å². The van der Waals surface area contributed by atoms with E-state index in [1.807, 2.05) is 32.4 Å². The molecule has 1 unspecified atom stereocenters. The molecule has 0 amide bonds. The summed E-state index contributed by atoms with van der Waals surface area (Å²) < 4.78 is 0. The Balaban J connectivity index is 2.46. The highest BCUT2D eigenvalue weighted by Crippen LogP contribution is 1.95. The van der Waals surface area contributed by atoms with Crippen LogP contribution in [0.25, 0.3) is 0 Å². The quantitative estimate of drug-likeness (QED) is 0.549. The lowest BCUT2D eigenvalue weighted by Gasteiger charge is -2.22. The molecule has 1 aliphatic rings. The molecule has 1 N–H and O–H groups in total. The van der Waals surface area contributed by atoms with E-state index in [9.17, 15) is 0 Å². The fraction of sp³-hybridized carbons (Fsp3) is 0.429. The summed E-state index contributed by atoms with van der Waals surface area (Å²) in [5.74, 6) is 0. The number of hydrogen-bond donors (Lipinski definition) is 1. The van der Waals surface area contributed by atoms with Crippen molar-refractivity contribution >= 4 is 0 Å². The zero-order chi connectivity index (χ0) is 6.69. The van der Waals surface area contributed by atoms with Gasteiger partial charge in [-0.1, -0.05) is 6.08 Å². The molecule has 0 spiro atoms. The standard InChI is InChI=1S/C7H12N2/c1-9(2)7-5-3-4-6-8-7/h3-8H,1-2H3. The van der Waals surface area contributed by atoms with Gasteiger partial charge in [0.1, 0.15) is 0 Å². The van der Waals surface area contributed by atoms with E-state index in [4.69, 9.17) is 0 Å². The summed E-state index contributed by atoms with van der Waals surface area (Å²) in [6, 6.07) is 0. The van der Waals surface area contributed by atoms with Crippen LogP contribution in [0.2, 0.25) is 0 Å².